The Hall–Kier alpha value is -5.02. The Balaban J connectivity index is 1.40. The van der Waals surface area contributed by atoms with E-state index < -0.39 is 46.0 Å². The number of nitrogens with zero attached hydrogens (tertiary/aromatic N) is 7. The second kappa shape index (κ2) is 24.6. The molecule has 386 valence electrons. The van der Waals surface area contributed by atoms with Crippen molar-refractivity contribution in [1.82, 2.24) is 24.6 Å². The summed E-state index contributed by atoms with van der Waals surface area (Å²) in [5, 5.41) is 9.87. The predicted molar refractivity (Wildman–Crippen MR) is 286 cm³/mol. The van der Waals surface area contributed by atoms with Gasteiger partial charge in [0, 0.05) is 39.3 Å². The summed E-state index contributed by atoms with van der Waals surface area (Å²) in [4.78, 5) is 40.1. The van der Waals surface area contributed by atoms with Crippen molar-refractivity contribution >= 4 is 78.1 Å². The molecule has 15 nitrogen and oxygen atoms in total. The van der Waals surface area contributed by atoms with E-state index in [1.54, 1.807) is 52.3 Å². The Morgan fingerprint density at radius 1 is 0.972 bits per heavy atom. The van der Waals surface area contributed by atoms with Crippen LogP contribution in [0, 0.1) is 24.6 Å². The van der Waals surface area contributed by atoms with Crippen LogP contribution in [0.5, 0.6) is 5.75 Å². The normalized spacial score (nSPS) is 12.9. The maximum Gasteiger partial charge on any atom is 0.410 e. The number of fused-ring (bicyclic) bond motifs is 1. The van der Waals surface area contributed by atoms with Gasteiger partial charge in [0.15, 0.2) is 47.1 Å². The molecule has 0 bridgehead atoms. The number of esters is 1. The first kappa shape index (κ1) is 56.9. The van der Waals surface area contributed by atoms with Gasteiger partial charge in [0.2, 0.25) is 0 Å². The lowest BCUT2D eigenvalue weighted by atomic mass is 10.2. The topological polar surface area (TPSA) is 152 Å². The van der Waals surface area contributed by atoms with Crippen LogP contribution in [0.25, 0.3) is 10.2 Å². The molecule has 71 heavy (non-hydrogen) atoms. The van der Waals surface area contributed by atoms with Crippen molar-refractivity contribution in [2.45, 2.75) is 124 Å². The summed E-state index contributed by atoms with van der Waals surface area (Å²) in [6, 6.07) is 15.6. The number of halogens is 1. The molecule has 0 aliphatic rings. The van der Waals surface area contributed by atoms with Crippen LogP contribution in [-0.2, 0) is 36.5 Å². The van der Waals surface area contributed by atoms with Crippen LogP contribution in [0.1, 0.15) is 74.5 Å². The molecule has 0 radical (unpaired) electrons. The van der Waals surface area contributed by atoms with Gasteiger partial charge in [-0.05, 0) is 107 Å². The highest BCUT2D eigenvalue weighted by Crippen LogP contribution is 2.38. The van der Waals surface area contributed by atoms with Crippen molar-refractivity contribution in [2.75, 3.05) is 59.1 Å². The first-order valence-electron chi connectivity index (χ1n) is 23.7. The van der Waals surface area contributed by atoms with Crippen LogP contribution in [0.2, 0.25) is 43.8 Å². The van der Waals surface area contributed by atoms with Gasteiger partial charge < -0.3 is 33.0 Å². The molecule has 0 spiro atoms. The number of hydrogen-bond acceptors (Lipinski definition) is 15. The zero-order valence-electron chi connectivity index (χ0n) is 44.2. The third-order valence-electron chi connectivity index (χ3n) is 11.7. The fourth-order valence-electron chi connectivity index (χ4n) is 6.40. The maximum atomic E-state index is 15.2. The molecule has 0 saturated heterocycles. The van der Waals surface area contributed by atoms with Crippen molar-refractivity contribution in [3.63, 3.8) is 0 Å². The van der Waals surface area contributed by atoms with Gasteiger partial charge >= 0.3 is 12.1 Å². The van der Waals surface area contributed by atoms with Crippen molar-refractivity contribution < 1.29 is 42.1 Å². The molecule has 0 N–H and O–H groups in total. The summed E-state index contributed by atoms with van der Waals surface area (Å²) in [7, 11) is 1.12. The number of benzene rings is 2. The van der Waals surface area contributed by atoms with E-state index in [9.17, 15) is 9.59 Å². The van der Waals surface area contributed by atoms with Crippen LogP contribution < -0.4 is 14.4 Å². The number of carbonyl (C=O) groups excluding carboxylic acids is 2. The zero-order valence-corrected chi connectivity index (χ0v) is 47.8. The quantitative estimate of drug-likeness (QED) is 0.0298. The lowest BCUT2D eigenvalue weighted by molar-refractivity contribution is 0.0320. The van der Waals surface area contributed by atoms with Crippen molar-refractivity contribution in [3.8, 4) is 17.6 Å². The second-order valence-electron chi connectivity index (χ2n) is 21.0. The van der Waals surface area contributed by atoms with E-state index in [2.05, 4.69) is 87.1 Å². The first-order chi connectivity index (χ1) is 33.3. The van der Waals surface area contributed by atoms with E-state index in [4.69, 9.17) is 43.2 Å². The predicted octanol–water partition coefficient (Wildman–Crippen LogP) is 11.1. The molecule has 1 unspecified atom stereocenters. The number of hydrogen-bond donors (Lipinski definition) is 0. The van der Waals surface area contributed by atoms with E-state index in [0.717, 1.165) is 26.6 Å². The van der Waals surface area contributed by atoms with Crippen molar-refractivity contribution in [3.05, 3.63) is 80.8 Å². The highest BCUT2D eigenvalue weighted by Gasteiger charge is 2.38. The Morgan fingerprint density at radius 2 is 1.70 bits per heavy atom. The average molecular weight is 1050 g/mol. The molecule has 1 amide bonds. The number of aromatic nitrogens is 4. The van der Waals surface area contributed by atoms with Gasteiger partial charge in [-0.1, -0.05) is 75.7 Å². The summed E-state index contributed by atoms with van der Waals surface area (Å²) >= 11 is 2.89. The third-order valence-corrected chi connectivity index (χ3v) is 20.1. The van der Waals surface area contributed by atoms with Crippen LogP contribution in [0.3, 0.4) is 0 Å². The molecule has 1 atom stereocenters. The summed E-state index contributed by atoms with van der Waals surface area (Å²) in [6.45, 7) is 27.2. The maximum absolute atomic E-state index is 15.2. The lowest BCUT2D eigenvalue weighted by Crippen LogP contribution is -2.44. The minimum Gasteiger partial charge on any atom is -0.491 e. The number of carbonyl (C=O) groups is 2. The number of anilines is 2. The van der Waals surface area contributed by atoms with Gasteiger partial charge in [0.25, 0.3) is 0 Å². The number of aryl methyl sites for hydroxylation is 2. The average Bonchev–Trinajstić information content (AvgIpc) is 3.87. The fraction of sp³-hybridized carbons (Fsp3) is 0.529. The molecule has 2 aromatic carbocycles. The molecule has 5 rings (SSSR count). The van der Waals surface area contributed by atoms with Gasteiger partial charge in [-0.3, -0.25) is 9.47 Å². The fourth-order valence-corrected chi connectivity index (χ4v) is 10.3. The van der Waals surface area contributed by atoms with E-state index in [1.165, 1.54) is 35.5 Å². The van der Waals surface area contributed by atoms with Gasteiger partial charge in [-0.15, -0.1) is 21.5 Å². The minimum absolute atomic E-state index is 0.0180. The summed E-state index contributed by atoms with van der Waals surface area (Å²) in [6.07, 6.45) is -0.0975. The molecule has 3 aromatic heterocycles. The molecule has 20 heteroatoms. The van der Waals surface area contributed by atoms with Gasteiger partial charge in [-0.25, -0.2) is 19.0 Å². The Bertz CT molecular complexity index is 2750. The number of para-hydroxylation sites is 1. The molecule has 0 aliphatic heterocycles. The second-order valence-corrected chi connectivity index (χ2v) is 33.5. The zero-order chi connectivity index (χ0) is 52.3. The molecule has 0 fully saturated rings. The number of amides is 1. The Morgan fingerprint density at radius 3 is 2.35 bits per heavy atom. The van der Waals surface area contributed by atoms with Crippen LogP contribution in [0.15, 0.2) is 53.5 Å². The standard InChI is InChI=1S/C51H72FN7O8S2Si2/c1-35-30-43(55-56-45(35)54-48-59(34-64-28-29-70(11,12)13)39-21-16-17-22-41(39)68-48)58(32-37(62-9)33-66-71(14,15)51(5,6)7)47-53-44(46(60)63-10)42(69-47)23-19-27-65-40-25-24-36(31-38(40)52)20-18-26-57(8)49(61)67-50(2,3)4/h16-17,21-22,24-25,30-31,37H,19,23,26-29,32-34H2,1-15H3. The minimum atomic E-state index is -2.16. The summed E-state index contributed by atoms with van der Waals surface area (Å²) in [5.74, 6) is 5.60. The number of thiazole rings is 2. The monoisotopic (exact) mass is 1050 g/mol. The number of ether oxygens (including phenoxy) is 5. The SMILES string of the molecule is COC(=O)c1nc(N(CC(CO[Si](C)(C)C(C)(C)C)OC)c2cc(C)c(N=c3sc4ccccc4n3COCC[Si](C)(C)C)nn2)sc1CCCOc1ccc(C#CCN(C)C(=O)OC(C)(C)C)cc1F. The summed E-state index contributed by atoms with van der Waals surface area (Å²) in [5.41, 5.74) is 1.77. The molecular weight excluding hydrogens is 978 g/mol. The molecule has 5 aromatic rings. The molecule has 0 aliphatic carbocycles. The molecule has 3 heterocycles. The highest BCUT2D eigenvalue weighted by atomic mass is 32.1. The Kier molecular flexibility index (Phi) is 19.7. The largest absolute Gasteiger partial charge is 0.491 e. The number of methoxy groups -OCH3 is 2. The van der Waals surface area contributed by atoms with E-state index in [0.29, 0.717) is 60.0 Å². The van der Waals surface area contributed by atoms with E-state index in [-0.39, 0.29) is 36.2 Å². The van der Waals surface area contributed by atoms with Gasteiger partial charge in [0.05, 0.1) is 49.7 Å². The highest BCUT2D eigenvalue weighted by molar-refractivity contribution is 7.16. The van der Waals surface area contributed by atoms with E-state index in [1.807, 2.05) is 30.0 Å². The third kappa shape index (κ3) is 16.5. The van der Waals surface area contributed by atoms with Gasteiger partial charge in [-0.2, -0.15) is 4.99 Å². The van der Waals surface area contributed by atoms with Crippen molar-refractivity contribution in [2.24, 2.45) is 4.99 Å². The van der Waals surface area contributed by atoms with Crippen LogP contribution in [-0.4, -0.2) is 119 Å². The van der Waals surface area contributed by atoms with Crippen LogP contribution in [0.4, 0.5) is 26.0 Å². The lowest BCUT2D eigenvalue weighted by Gasteiger charge is -2.37. The van der Waals surface area contributed by atoms with E-state index >= 15 is 4.39 Å². The molecular formula is C51H72FN7O8S2Si2. The smallest absolute Gasteiger partial charge is 0.410 e. The first-order valence-corrected chi connectivity index (χ1v) is 32.0. The summed E-state index contributed by atoms with van der Waals surface area (Å²) < 4.78 is 53.7. The number of rotatable bonds is 21. The van der Waals surface area contributed by atoms with Gasteiger partial charge in [0.1, 0.15) is 12.3 Å². The molecule has 0 saturated carbocycles. The van der Waals surface area contributed by atoms with Crippen LogP contribution >= 0.6 is 22.7 Å². The Labute approximate surface area is 428 Å². The van der Waals surface area contributed by atoms with Crippen molar-refractivity contribution in [1.29, 1.82) is 0 Å².